The molecule has 1 aliphatic heterocycles. The van der Waals surface area contributed by atoms with E-state index in [1.54, 1.807) is 51.2 Å². The molecule has 0 saturated heterocycles. The number of ether oxygens (including phenoxy) is 1. The van der Waals surface area contributed by atoms with E-state index in [4.69, 9.17) is 13.8 Å². The molecule has 0 radical (unpaired) electrons. The van der Waals surface area contributed by atoms with Gasteiger partial charge in [0.15, 0.2) is 0 Å². The highest BCUT2D eigenvalue weighted by Gasteiger charge is 2.38. The summed E-state index contributed by atoms with van der Waals surface area (Å²) in [6, 6.07) is 8.25. The van der Waals surface area contributed by atoms with E-state index < -0.39 is 31.3 Å². The molecular weight excluding hydrogens is 614 g/mol. The first-order valence-electron chi connectivity index (χ1n) is 14.5. The third-order valence-corrected chi connectivity index (χ3v) is 9.80. The van der Waals surface area contributed by atoms with Gasteiger partial charge in [0.25, 0.3) is 5.91 Å². The third kappa shape index (κ3) is 6.94. The van der Waals surface area contributed by atoms with E-state index in [-0.39, 0.29) is 48.4 Å². The van der Waals surface area contributed by atoms with Crippen molar-refractivity contribution in [1.82, 2.24) is 14.9 Å². The second-order valence-electron chi connectivity index (χ2n) is 10.9. The van der Waals surface area contributed by atoms with Crippen LogP contribution in [0.4, 0.5) is 36.3 Å². The van der Waals surface area contributed by atoms with Crippen LogP contribution in [-0.2, 0) is 32.5 Å². The topological polar surface area (TPSA) is 135 Å². The Balaban J connectivity index is 1.46. The quantitative estimate of drug-likeness (QED) is 0.185. The van der Waals surface area contributed by atoms with Crippen LogP contribution in [0.3, 0.4) is 0 Å². The van der Waals surface area contributed by atoms with Crippen LogP contribution >= 0.6 is 7.60 Å². The smallest absolute Gasteiger partial charge is 0.421 e. The first-order valence-corrected chi connectivity index (χ1v) is 16.2. The van der Waals surface area contributed by atoms with Gasteiger partial charge in [-0.2, -0.15) is 18.2 Å². The number of anilines is 4. The number of rotatable bonds is 12. The first kappa shape index (κ1) is 32.7. The molecule has 1 aromatic heterocycles. The number of hydrogen-bond acceptors (Lipinski definition) is 10. The number of fused-ring (bicyclic) bond motifs is 1. The van der Waals surface area contributed by atoms with Crippen LogP contribution in [0.25, 0.3) is 0 Å². The average molecular weight is 650 g/mol. The molecule has 0 bridgehead atoms. The Hall–Kier alpha value is -3.71. The predicted molar refractivity (Wildman–Crippen MR) is 161 cm³/mol. The highest BCUT2D eigenvalue weighted by Crippen LogP contribution is 2.52. The molecule has 45 heavy (non-hydrogen) atoms. The summed E-state index contributed by atoms with van der Waals surface area (Å²) in [7, 11) is -0.349. The number of hydrogen-bond donors (Lipinski definition) is 3. The lowest BCUT2D eigenvalue weighted by atomic mass is 9.75. The van der Waals surface area contributed by atoms with Gasteiger partial charge in [-0.05, 0) is 67.5 Å². The van der Waals surface area contributed by atoms with E-state index in [2.05, 4.69) is 20.6 Å². The average Bonchev–Trinajstić information content (AvgIpc) is 3.26. The third-order valence-electron chi connectivity index (χ3n) is 7.75. The van der Waals surface area contributed by atoms with Gasteiger partial charge in [0.2, 0.25) is 5.95 Å². The van der Waals surface area contributed by atoms with Crippen molar-refractivity contribution in [3.05, 3.63) is 64.3 Å². The monoisotopic (exact) mass is 649 g/mol. The number of aliphatic hydroxyl groups is 1. The first-order chi connectivity index (χ1) is 21.4. The lowest BCUT2D eigenvalue weighted by Crippen LogP contribution is -2.27. The Kier molecular flexibility index (Phi) is 9.41. The summed E-state index contributed by atoms with van der Waals surface area (Å²) in [6.07, 6.45) is -3.40. The van der Waals surface area contributed by atoms with Crippen molar-refractivity contribution in [2.75, 3.05) is 38.0 Å². The molecule has 2 aromatic carbocycles. The number of nitrogens with zero attached hydrogens (tertiary/aromatic N) is 3. The Bertz CT molecular complexity index is 1620. The maximum atomic E-state index is 14.1. The number of halogens is 3. The van der Waals surface area contributed by atoms with Gasteiger partial charge in [0, 0.05) is 19.8 Å². The van der Waals surface area contributed by atoms with Crippen molar-refractivity contribution in [2.45, 2.75) is 57.6 Å². The molecule has 3 N–H and O–H groups in total. The summed E-state index contributed by atoms with van der Waals surface area (Å²) in [4.78, 5) is 22.7. The molecule has 0 spiro atoms. The van der Waals surface area contributed by atoms with E-state index in [0.29, 0.717) is 42.6 Å². The zero-order valence-electron chi connectivity index (χ0n) is 25.3. The van der Waals surface area contributed by atoms with Gasteiger partial charge < -0.3 is 34.4 Å². The molecule has 242 valence electrons. The van der Waals surface area contributed by atoms with Crippen molar-refractivity contribution in [3.63, 3.8) is 0 Å². The largest absolute Gasteiger partial charge is 0.495 e. The fourth-order valence-corrected chi connectivity index (χ4v) is 7.27. The van der Waals surface area contributed by atoms with E-state index in [9.17, 15) is 27.6 Å². The molecule has 3 aromatic rings. The van der Waals surface area contributed by atoms with E-state index in [0.717, 1.165) is 11.1 Å². The molecule has 1 amide bonds. The van der Waals surface area contributed by atoms with Crippen molar-refractivity contribution < 1.29 is 41.4 Å². The van der Waals surface area contributed by atoms with Gasteiger partial charge in [0.1, 0.15) is 17.1 Å². The van der Waals surface area contributed by atoms with Crippen LogP contribution in [-0.4, -0.2) is 59.4 Å². The van der Waals surface area contributed by atoms with Crippen molar-refractivity contribution >= 4 is 36.6 Å². The number of benzene rings is 2. The predicted octanol–water partition coefficient (Wildman–Crippen LogP) is 6.58. The van der Waals surface area contributed by atoms with Crippen molar-refractivity contribution in [1.29, 1.82) is 0 Å². The van der Waals surface area contributed by atoms with Crippen LogP contribution in [0.2, 0.25) is 0 Å². The summed E-state index contributed by atoms with van der Waals surface area (Å²) in [5.74, 6) is -0.645. The summed E-state index contributed by atoms with van der Waals surface area (Å²) in [5.41, 5.74) is 1.94. The highest BCUT2D eigenvalue weighted by molar-refractivity contribution is 7.53. The SMILES string of the molecule is CCOP(=O)(Cc1ccc(Nc2ncc(C(F)(F)F)c(Nc3ccc([C@H]4C[C@@H](O)C4)c4c3C(=O)N(C)C4)n2)c(OC)c1)OCC. The minimum atomic E-state index is -4.79. The minimum Gasteiger partial charge on any atom is -0.495 e. The molecular formula is C30H35F3N5O6P. The Labute approximate surface area is 258 Å². The summed E-state index contributed by atoms with van der Waals surface area (Å²) >= 11 is 0. The van der Waals surface area contributed by atoms with Gasteiger partial charge in [-0.1, -0.05) is 12.1 Å². The van der Waals surface area contributed by atoms with Gasteiger partial charge in [-0.3, -0.25) is 9.36 Å². The van der Waals surface area contributed by atoms with Gasteiger partial charge in [0.05, 0.1) is 49.5 Å². The summed E-state index contributed by atoms with van der Waals surface area (Å²) in [5, 5.41) is 15.5. The van der Waals surface area contributed by atoms with Gasteiger partial charge >= 0.3 is 13.8 Å². The van der Waals surface area contributed by atoms with E-state index >= 15 is 0 Å². The molecule has 0 atom stereocenters. The summed E-state index contributed by atoms with van der Waals surface area (Å²) in [6.45, 7) is 4.16. The molecule has 2 aliphatic rings. The molecule has 11 nitrogen and oxygen atoms in total. The lowest BCUT2D eigenvalue weighted by molar-refractivity contribution is -0.137. The van der Waals surface area contributed by atoms with Crippen LogP contribution in [0.1, 0.15) is 65.2 Å². The van der Waals surface area contributed by atoms with Crippen molar-refractivity contribution in [2.24, 2.45) is 0 Å². The maximum Gasteiger partial charge on any atom is 0.421 e. The molecule has 2 heterocycles. The number of amides is 1. The number of carbonyl (C=O) groups is 1. The number of carbonyl (C=O) groups excluding carboxylic acids is 1. The molecule has 0 unspecified atom stereocenters. The second-order valence-corrected chi connectivity index (χ2v) is 12.9. The standard InChI is InChI=1S/C30H35F3N5O6P/c1-5-43-45(41,44-6-2)16-17-7-9-23(25(11-17)42-4)36-29-34-14-22(30(31,32)33)27(37-29)35-24-10-8-20(18-12-19(39)13-18)21-15-38(3)28(40)26(21)24/h7-11,14,18-19,39H,5-6,12-13,15-16H2,1-4H3,(H2,34,35,36,37)/t18-,19+. The van der Waals surface area contributed by atoms with Crippen LogP contribution in [0.15, 0.2) is 36.5 Å². The number of nitrogens with one attached hydrogen (secondary N) is 2. The van der Waals surface area contributed by atoms with Gasteiger partial charge in [-0.25, -0.2) is 4.98 Å². The lowest BCUT2D eigenvalue weighted by Gasteiger charge is -2.33. The Morgan fingerprint density at radius 2 is 1.78 bits per heavy atom. The fourth-order valence-electron chi connectivity index (χ4n) is 5.58. The number of methoxy groups -OCH3 is 1. The highest BCUT2D eigenvalue weighted by atomic mass is 31.2. The fraction of sp³-hybridized carbons (Fsp3) is 0.433. The Morgan fingerprint density at radius 3 is 2.40 bits per heavy atom. The zero-order chi connectivity index (χ0) is 32.5. The van der Waals surface area contributed by atoms with Crippen LogP contribution < -0.4 is 15.4 Å². The summed E-state index contributed by atoms with van der Waals surface area (Å²) < 4.78 is 71.5. The van der Waals surface area contributed by atoms with E-state index in [1.165, 1.54) is 12.0 Å². The van der Waals surface area contributed by atoms with Gasteiger partial charge in [-0.15, -0.1) is 0 Å². The molecule has 1 fully saturated rings. The molecule has 5 rings (SSSR count). The molecule has 15 heteroatoms. The number of aromatic nitrogens is 2. The molecule has 1 aliphatic carbocycles. The van der Waals surface area contributed by atoms with E-state index in [1.807, 2.05) is 0 Å². The Morgan fingerprint density at radius 1 is 1.09 bits per heavy atom. The maximum absolute atomic E-state index is 14.1. The minimum absolute atomic E-state index is 0.00544. The number of aliphatic hydroxyl groups excluding tert-OH is 1. The zero-order valence-corrected chi connectivity index (χ0v) is 26.2. The van der Waals surface area contributed by atoms with Crippen LogP contribution in [0.5, 0.6) is 5.75 Å². The second kappa shape index (κ2) is 13.0. The molecule has 1 saturated carbocycles. The number of alkyl halides is 3. The van der Waals surface area contributed by atoms with Crippen molar-refractivity contribution in [3.8, 4) is 5.75 Å². The normalized spacial score (nSPS) is 18.0. The van der Waals surface area contributed by atoms with Crippen LogP contribution in [0, 0.1) is 0 Å².